The highest BCUT2D eigenvalue weighted by molar-refractivity contribution is 9.10. The topological polar surface area (TPSA) is 59.1 Å². The quantitative estimate of drug-likeness (QED) is 0.870. The summed E-state index contributed by atoms with van der Waals surface area (Å²) < 4.78 is 40.3. The highest BCUT2D eigenvalue weighted by atomic mass is 79.9. The van der Waals surface area contributed by atoms with Gasteiger partial charge in [-0.3, -0.25) is 4.72 Å². The Morgan fingerprint density at radius 2 is 2.00 bits per heavy atom. The molecule has 1 heterocycles. The van der Waals surface area contributed by atoms with Crippen LogP contribution in [-0.2, 0) is 10.0 Å². The number of halogens is 2. The van der Waals surface area contributed by atoms with Gasteiger partial charge < -0.3 is 0 Å². The Balaban J connectivity index is 2.32. The van der Waals surface area contributed by atoms with Crippen LogP contribution in [0.3, 0.4) is 0 Å². The largest absolute Gasteiger partial charge is 0.278 e. The van der Waals surface area contributed by atoms with Gasteiger partial charge in [0.25, 0.3) is 10.0 Å². The zero-order valence-electron chi connectivity index (χ0n) is 9.89. The summed E-state index contributed by atoms with van der Waals surface area (Å²) in [4.78, 5) is 3.93. The molecule has 0 radical (unpaired) electrons. The molecule has 100 valence electrons. The number of benzene rings is 1. The van der Waals surface area contributed by atoms with Gasteiger partial charge >= 0.3 is 0 Å². The van der Waals surface area contributed by atoms with E-state index in [0.717, 1.165) is 6.07 Å². The Morgan fingerprint density at radius 1 is 1.26 bits per heavy atom. The standard InChI is InChI=1S/C12H10BrFN2O2S/c1-8-6-10(3-4-11(8)14)19(17,18)16-9-2-5-12(13)15-7-9/h2-7,16H,1H3. The predicted molar refractivity (Wildman–Crippen MR) is 73.9 cm³/mol. The zero-order valence-corrected chi connectivity index (χ0v) is 12.3. The average Bonchev–Trinajstić information content (AvgIpc) is 2.35. The fourth-order valence-electron chi connectivity index (χ4n) is 1.43. The lowest BCUT2D eigenvalue weighted by molar-refractivity contribution is 0.598. The number of nitrogens with zero attached hydrogens (tertiary/aromatic N) is 1. The van der Waals surface area contributed by atoms with Crippen LogP contribution in [0.5, 0.6) is 0 Å². The molecular formula is C12H10BrFN2O2S. The SMILES string of the molecule is Cc1cc(S(=O)(=O)Nc2ccc(Br)nc2)ccc1F. The molecule has 2 rings (SSSR count). The molecule has 0 saturated heterocycles. The van der Waals surface area contributed by atoms with Crippen LogP contribution in [0.1, 0.15) is 5.56 Å². The van der Waals surface area contributed by atoms with Crippen LogP contribution in [0.15, 0.2) is 46.0 Å². The average molecular weight is 345 g/mol. The van der Waals surface area contributed by atoms with E-state index in [9.17, 15) is 12.8 Å². The van der Waals surface area contributed by atoms with Crippen LogP contribution in [0.2, 0.25) is 0 Å². The lowest BCUT2D eigenvalue weighted by Crippen LogP contribution is -2.13. The van der Waals surface area contributed by atoms with E-state index in [1.54, 1.807) is 12.1 Å². The second kappa shape index (κ2) is 5.26. The van der Waals surface area contributed by atoms with Crippen molar-refractivity contribution in [2.24, 2.45) is 0 Å². The number of hydrogen-bond acceptors (Lipinski definition) is 3. The monoisotopic (exact) mass is 344 g/mol. The number of hydrogen-bond donors (Lipinski definition) is 1. The van der Waals surface area contributed by atoms with E-state index in [0.29, 0.717) is 10.3 Å². The van der Waals surface area contributed by atoms with Crippen LogP contribution >= 0.6 is 15.9 Å². The number of rotatable bonds is 3. The van der Waals surface area contributed by atoms with Gasteiger partial charge in [0, 0.05) is 0 Å². The summed E-state index contributed by atoms with van der Waals surface area (Å²) in [5, 5.41) is 0. The van der Waals surface area contributed by atoms with Crippen molar-refractivity contribution < 1.29 is 12.8 Å². The first-order valence-corrected chi connectivity index (χ1v) is 7.56. The van der Waals surface area contributed by atoms with Gasteiger partial charge in [0.05, 0.1) is 16.8 Å². The fourth-order valence-corrected chi connectivity index (χ4v) is 2.80. The molecule has 0 aliphatic carbocycles. The summed E-state index contributed by atoms with van der Waals surface area (Å²) in [5.74, 6) is -0.441. The van der Waals surface area contributed by atoms with Gasteiger partial charge in [0.2, 0.25) is 0 Å². The normalized spacial score (nSPS) is 11.3. The minimum atomic E-state index is -3.74. The summed E-state index contributed by atoms with van der Waals surface area (Å²) in [7, 11) is -3.74. The molecule has 4 nitrogen and oxygen atoms in total. The summed E-state index contributed by atoms with van der Waals surface area (Å²) >= 11 is 3.16. The molecule has 0 fully saturated rings. The van der Waals surface area contributed by atoms with Crippen LogP contribution < -0.4 is 4.72 Å². The molecule has 2 aromatic rings. The van der Waals surface area contributed by atoms with Crippen molar-refractivity contribution in [1.82, 2.24) is 4.98 Å². The van der Waals surface area contributed by atoms with E-state index >= 15 is 0 Å². The van der Waals surface area contributed by atoms with E-state index in [4.69, 9.17) is 0 Å². The van der Waals surface area contributed by atoms with Gasteiger partial charge in [0.1, 0.15) is 10.4 Å². The van der Waals surface area contributed by atoms with Crippen molar-refractivity contribution in [1.29, 1.82) is 0 Å². The Morgan fingerprint density at radius 3 is 2.58 bits per heavy atom. The number of aryl methyl sites for hydroxylation is 1. The van der Waals surface area contributed by atoms with E-state index in [1.165, 1.54) is 25.3 Å². The minimum Gasteiger partial charge on any atom is -0.278 e. The lowest BCUT2D eigenvalue weighted by atomic mass is 10.2. The number of nitrogens with one attached hydrogen (secondary N) is 1. The van der Waals surface area contributed by atoms with E-state index in [-0.39, 0.29) is 10.5 Å². The Bertz CT molecular complexity index is 702. The van der Waals surface area contributed by atoms with Crippen molar-refractivity contribution in [3.05, 3.63) is 52.5 Å². The molecule has 0 amide bonds. The molecule has 7 heteroatoms. The van der Waals surface area contributed by atoms with Gasteiger partial charge in [-0.15, -0.1) is 0 Å². The second-order valence-corrected chi connectivity index (χ2v) is 6.38. The van der Waals surface area contributed by atoms with Gasteiger partial charge in [-0.25, -0.2) is 17.8 Å². The summed E-state index contributed by atoms with van der Waals surface area (Å²) in [6, 6.07) is 6.82. The Kier molecular flexibility index (Phi) is 3.86. The zero-order chi connectivity index (χ0) is 14.0. The Hall–Kier alpha value is -1.47. The van der Waals surface area contributed by atoms with Crippen molar-refractivity contribution in [2.75, 3.05) is 4.72 Å². The second-order valence-electron chi connectivity index (χ2n) is 3.89. The molecule has 0 spiro atoms. The van der Waals surface area contributed by atoms with Gasteiger partial charge in [-0.1, -0.05) is 0 Å². The molecule has 0 saturated carbocycles. The molecule has 1 aromatic heterocycles. The third kappa shape index (κ3) is 3.30. The van der Waals surface area contributed by atoms with Gasteiger partial charge in [0.15, 0.2) is 0 Å². The first-order valence-electron chi connectivity index (χ1n) is 5.29. The number of sulfonamides is 1. The highest BCUT2D eigenvalue weighted by Crippen LogP contribution is 2.18. The first-order chi connectivity index (χ1) is 8.88. The molecule has 0 unspecified atom stereocenters. The minimum absolute atomic E-state index is 0.00863. The van der Waals surface area contributed by atoms with Crippen molar-refractivity contribution in [2.45, 2.75) is 11.8 Å². The summed E-state index contributed by atoms with van der Waals surface area (Å²) in [5.41, 5.74) is 0.613. The van der Waals surface area contributed by atoms with Crippen molar-refractivity contribution in [3.63, 3.8) is 0 Å². The molecule has 1 aromatic carbocycles. The van der Waals surface area contributed by atoms with Crippen molar-refractivity contribution >= 4 is 31.6 Å². The van der Waals surface area contributed by atoms with Crippen LogP contribution in [0, 0.1) is 12.7 Å². The molecule has 0 bridgehead atoms. The number of aromatic nitrogens is 1. The maximum atomic E-state index is 13.1. The highest BCUT2D eigenvalue weighted by Gasteiger charge is 2.15. The Labute approximate surface area is 118 Å². The van der Waals surface area contributed by atoms with Gasteiger partial charge in [-0.05, 0) is 58.7 Å². The molecule has 19 heavy (non-hydrogen) atoms. The van der Waals surface area contributed by atoms with Gasteiger partial charge in [-0.2, -0.15) is 0 Å². The van der Waals surface area contributed by atoms with E-state index < -0.39 is 15.8 Å². The lowest BCUT2D eigenvalue weighted by Gasteiger charge is -2.08. The fraction of sp³-hybridized carbons (Fsp3) is 0.0833. The van der Waals surface area contributed by atoms with Crippen LogP contribution in [-0.4, -0.2) is 13.4 Å². The van der Waals surface area contributed by atoms with E-state index in [1.807, 2.05) is 0 Å². The van der Waals surface area contributed by atoms with E-state index in [2.05, 4.69) is 25.6 Å². The third-order valence-electron chi connectivity index (χ3n) is 2.42. The number of anilines is 1. The molecule has 0 aliphatic heterocycles. The van der Waals surface area contributed by atoms with Crippen LogP contribution in [0.4, 0.5) is 10.1 Å². The molecular weight excluding hydrogens is 335 g/mol. The third-order valence-corrected chi connectivity index (χ3v) is 4.27. The maximum absolute atomic E-state index is 13.1. The summed E-state index contributed by atoms with van der Waals surface area (Å²) in [6.07, 6.45) is 1.39. The summed E-state index contributed by atoms with van der Waals surface area (Å²) in [6.45, 7) is 1.51. The number of pyridine rings is 1. The first kappa shape index (κ1) is 14.0. The molecule has 1 N–H and O–H groups in total. The van der Waals surface area contributed by atoms with Crippen LogP contribution in [0.25, 0.3) is 0 Å². The van der Waals surface area contributed by atoms with Crippen molar-refractivity contribution in [3.8, 4) is 0 Å². The molecule has 0 aliphatic rings. The molecule has 0 atom stereocenters. The maximum Gasteiger partial charge on any atom is 0.261 e. The predicted octanol–water partition coefficient (Wildman–Crippen LogP) is 3.09. The smallest absolute Gasteiger partial charge is 0.261 e.